The van der Waals surface area contributed by atoms with Gasteiger partial charge < -0.3 is 10.1 Å². The number of benzene rings is 2. The molecule has 1 fully saturated rings. The lowest BCUT2D eigenvalue weighted by atomic mass is 9.94. The highest BCUT2D eigenvalue weighted by atomic mass is 35.5. The average Bonchev–Trinajstić information content (AvgIpc) is 2.77. The Morgan fingerprint density at radius 2 is 1.74 bits per heavy atom. The molecule has 0 aliphatic heterocycles. The standard InChI is InChI=1S/C25H31ClN2O3/c1-2-31-23(29)18-28(17-19-9-5-3-6-10-19)24(20-13-15-21(26)16-14-20)25(30)27-22-11-7-4-8-12-22/h3,5-6,9-10,13-16,22,24H,2,4,7-8,11-12,17-18H2,1H3,(H,27,30). The Morgan fingerprint density at radius 3 is 2.39 bits per heavy atom. The zero-order chi connectivity index (χ0) is 22.1. The maximum absolute atomic E-state index is 13.5. The van der Waals surface area contributed by atoms with Gasteiger partial charge in [0, 0.05) is 17.6 Å². The first-order chi connectivity index (χ1) is 15.1. The fourth-order valence-electron chi connectivity index (χ4n) is 4.13. The number of hydrogen-bond donors (Lipinski definition) is 1. The van der Waals surface area contributed by atoms with Crippen LogP contribution in [0.25, 0.3) is 0 Å². The number of halogens is 1. The summed E-state index contributed by atoms with van der Waals surface area (Å²) in [5, 5.41) is 3.84. The van der Waals surface area contributed by atoms with Crippen LogP contribution in [0.1, 0.15) is 56.2 Å². The number of rotatable bonds is 9. The van der Waals surface area contributed by atoms with Crippen molar-refractivity contribution in [1.82, 2.24) is 10.2 Å². The molecule has 0 bridgehead atoms. The lowest BCUT2D eigenvalue weighted by Gasteiger charge is -2.32. The molecule has 1 aliphatic rings. The zero-order valence-corrected chi connectivity index (χ0v) is 18.8. The molecule has 0 radical (unpaired) electrons. The Balaban J connectivity index is 1.90. The zero-order valence-electron chi connectivity index (χ0n) is 18.1. The van der Waals surface area contributed by atoms with Crippen LogP contribution in [0.4, 0.5) is 0 Å². The molecule has 0 saturated heterocycles. The molecular weight excluding hydrogens is 412 g/mol. The molecule has 1 atom stereocenters. The Bertz CT molecular complexity index is 836. The van der Waals surface area contributed by atoms with Gasteiger partial charge in [0.25, 0.3) is 0 Å². The number of amides is 1. The van der Waals surface area contributed by atoms with Crippen LogP contribution in [0.3, 0.4) is 0 Å². The van der Waals surface area contributed by atoms with Crippen molar-refractivity contribution in [1.29, 1.82) is 0 Å². The quantitative estimate of drug-likeness (QED) is 0.561. The van der Waals surface area contributed by atoms with E-state index >= 15 is 0 Å². The maximum Gasteiger partial charge on any atom is 0.320 e. The molecule has 31 heavy (non-hydrogen) atoms. The molecule has 166 valence electrons. The van der Waals surface area contributed by atoms with Crippen molar-refractivity contribution in [3.63, 3.8) is 0 Å². The van der Waals surface area contributed by atoms with Gasteiger partial charge in [-0.3, -0.25) is 14.5 Å². The Labute approximate surface area is 189 Å². The van der Waals surface area contributed by atoms with Crippen molar-refractivity contribution in [2.45, 2.75) is 57.7 Å². The highest BCUT2D eigenvalue weighted by Gasteiger charge is 2.31. The largest absolute Gasteiger partial charge is 0.465 e. The molecule has 1 N–H and O–H groups in total. The average molecular weight is 443 g/mol. The van der Waals surface area contributed by atoms with E-state index in [2.05, 4.69) is 5.32 Å². The topological polar surface area (TPSA) is 58.6 Å². The number of carbonyl (C=O) groups excluding carboxylic acids is 2. The lowest BCUT2D eigenvalue weighted by Crippen LogP contribution is -2.46. The molecule has 2 aromatic rings. The molecule has 0 spiro atoms. The summed E-state index contributed by atoms with van der Waals surface area (Å²) in [6.07, 6.45) is 5.47. The van der Waals surface area contributed by atoms with Gasteiger partial charge in [0.1, 0.15) is 6.04 Å². The fourth-order valence-corrected chi connectivity index (χ4v) is 4.25. The molecular formula is C25H31ClN2O3. The van der Waals surface area contributed by atoms with Gasteiger partial charge in [-0.2, -0.15) is 0 Å². The first kappa shape index (κ1) is 23.3. The molecule has 0 heterocycles. The summed E-state index contributed by atoms with van der Waals surface area (Å²) in [5.74, 6) is -0.433. The van der Waals surface area contributed by atoms with Gasteiger partial charge in [0.15, 0.2) is 0 Å². The second kappa shape index (κ2) is 11.9. The lowest BCUT2D eigenvalue weighted by molar-refractivity contribution is -0.146. The smallest absolute Gasteiger partial charge is 0.320 e. The van der Waals surface area contributed by atoms with Crippen LogP contribution in [0, 0.1) is 0 Å². The van der Waals surface area contributed by atoms with Crippen LogP contribution >= 0.6 is 11.6 Å². The first-order valence-corrected chi connectivity index (χ1v) is 11.4. The van der Waals surface area contributed by atoms with Crippen molar-refractivity contribution in [3.05, 3.63) is 70.7 Å². The van der Waals surface area contributed by atoms with E-state index in [1.165, 1.54) is 6.42 Å². The molecule has 0 aromatic heterocycles. The van der Waals surface area contributed by atoms with E-state index < -0.39 is 6.04 Å². The van der Waals surface area contributed by atoms with Gasteiger partial charge in [0.2, 0.25) is 5.91 Å². The van der Waals surface area contributed by atoms with Gasteiger partial charge in [-0.15, -0.1) is 0 Å². The van der Waals surface area contributed by atoms with Crippen molar-refractivity contribution in [2.24, 2.45) is 0 Å². The summed E-state index contributed by atoms with van der Waals surface area (Å²) in [6, 6.07) is 16.7. The Hall–Kier alpha value is -2.37. The van der Waals surface area contributed by atoms with Crippen molar-refractivity contribution in [2.75, 3.05) is 13.2 Å². The third-order valence-electron chi connectivity index (χ3n) is 5.62. The third kappa shape index (κ3) is 7.08. The minimum atomic E-state index is -0.621. The second-order valence-corrected chi connectivity index (χ2v) is 8.43. The summed E-state index contributed by atoms with van der Waals surface area (Å²) in [6.45, 7) is 2.56. The minimum Gasteiger partial charge on any atom is -0.465 e. The normalized spacial score (nSPS) is 15.5. The van der Waals surface area contributed by atoms with Crippen LogP contribution in [-0.2, 0) is 20.9 Å². The fraction of sp³-hybridized carbons (Fsp3) is 0.440. The highest BCUT2D eigenvalue weighted by molar-refractivity contribution is 6.30. The summed E-state index contributed by atoms with van der Waals surface area (Å²) in [5.41, 5.74) is 1.83. The SMILES string of the molecule is CCOC(=O)CN(Cc1ccccc1)C(C(=O)NC1CCCCC1)c1ccc(Cl)cc1. The molecule has 6 heteroatoms. The number of nitrogens with zero attached hydrogens (tertiary/aromatic N) is 1. The number of nitrogens with one attached hydrogen (secondary N) is 1. The van der Waals surface area contributed by atoms with Crippen molar-refractivity contribution < 1.29 is 14.3 Å². The number of carbonyl (C=O) groups is 2. The van der Waals surface area contributed by atoms with Crippen LogP contribution in [0.15, 0.2) is 54.6 Å². The number of ether oxygens (including phenoxy) is 1. The summed E-state index contributed by atoms with van der Waals surface area (Å²) in [4.78, 5) is 27.8. The number of hydrogen-bond acceptors (Lipinski definition) is 4. The Kier molecular flexibility index (Phi) is 8.92. The summed E-state index contributed by atoms with van der Waals surface area (Å²) in [7, 11) is 0. The molecule has 3 rings (SSSR count). The monoisotopic (exact) mass is 442 g/mol. The summed E-state index contributed by atoms with van der Waals surface area (Å²) < 4.78 is 5.21. The van der Waals surface area contributed by atoms with Crippen molar-refractivity contribution >= 4 is 23.5 Å². The van der Waals surface area contributed by atoms with Crippen LogP contribution < -0.4 is 5.32 Å². The third-order valence-corrected chi connectivity index (χ3v) is 5.87. The van der Waals surface area contributed by atoms with Gasteiger partial charge in [-0.25, -0.2) is 0 Å². The minimum absolute atomic E-state index is 0.0219. The van der Waals surface area contributed by atoms with Crippen molar-refractivity contribution in [3.8, 4) is 0 Å². The molecule has 1 unspecified atom stereocenters. The van der Waals surface area contributed by atoms with E-state index in [-0.39, 0.29) is 24.5 Å². The van der Waals surface area contributed by atoms with E-state index in [9.17, 15) is 9.59 Å². The van der Waals surface area contributed by atoms with E-state index in [0.717, 1.165) is 36.8 Å². The molecule has 1 saturated carbocycles. The van der Waals surface area contributed by atoms with Crippen LogP contribution in [0.5, 0.6) is 0 Å². The van der Waals surface area contributed by atoms with E-state index in [4.69, 9.17) is 16.3 Å². The number of esters is 1. The van der Waals surface area contributed by atoms with E-state index in [1.54, 1.807) is 19.1 Å². The molecule has 2 aromatic carbocycles. The maximum atomic E-state index is 13.5. The van der Waals surface area contributed by atoms with Gasteiger partial charge in [-0.05, 0) is 43.0 Å². The molecule has 1 aliphatic carbocycles. The first-order valence-electron chi connectivity index (χ1n) is 11.1. The predicted molar refractivity (Wildman–Crippen MR) is 123 cm³/mol. The summed E-state index contributed by atoms with van der Waals surface area (Å²) >= 11 is 6.10. The van der Waals surface area contributed by atoms with Crippen LogP contribution in [0.2, 0.25) is 5.02 Å². The highest BCUT2D eigenvalue weighted by Crippen LogP contribution is 2.26. The van der Waals surface area contributed by atoms with E-state index in [1.807, 2.05) is 47.4 Å². The Morgan fingerprint density at radius 1 is 1.06 bits per heavy atom. The predicted octanol–water partition coefficient (Wildman–Crippen LogP) is 4.90. The second-order valence-electron chi connectivity index (χ2n) is 7.99. The molecule has 1 amide bonds. The molecule has 5 nitrogen and oxygen atoms in total. The van der Waals surface area contributed by atoms with E-state index in [0.29, 0.717) is 18.2 Å². The van der Waals surface area contributed by atoms with Gasteiger partial charge in [-0.1, -0.05) is 73.3 Å². The van der Waals surface area contributed by atoms with Crippen LogP contribution in [-0.4, -0.2) is 36.0 Å². The van der Waals surface area contributed by atoms with Gasteiger partial charge in [0.05, 0.1) is 13.2 Å². The van der Waals surface area contributed by atoms with Gasteiger partial charge >= 0.3 is 5.97 Å².